The van der Waals surface area contributed by atoms with Gasteiger partial charge in [-0.3, -0.25) is 4.79 Å². The van der Waals surface area contributed by atoms with Crippen molar-refractivity contribution < 1.29 is 4.79 Å². The van der Waals surface area contributed by atoms with Gasteiger partial charge in [0, 0.05) is 34.6 Å². The average molecular weight is 270 g/mol. The largest absolute Gasteiger partial charge is 0.361 e. The fraction of sp³-hybridized carbons (Fsp3) is 0.471. The van der Waals surface area contributed by atoms with Gasteiger partial charge in [0.05, 0.1) is 0 Å². The van der Waals surface area contributed by atoms with Crippen LogP contribution in [0.25, 0.3) is 10.9 Å². The molecule has 3 heteroatoms. The molecule has 0 bridgehead atoms. The van der Waals surface area contributed by atoms with Gasteiger partial charge in [0.2, 0.25) is 0 Å². The van der Waals surface area contributed by atoms with Crippen LogP contribution in [0, 0.1) is 5.41 Å². The van der Waals surface area contributed by atoms with Crippen molar-refractivity contribution >= 4 is 16.7 Å². The topological polar surface area (TPSA) is 44.9 Å². The van der Waals surface area contributed by atoms with Gasteiger partial charge in [0.25, 0.3) is 0 Å². The van der Waals surface area contributed by atoms with Crippen LogP contribution in [-0.4, -0.2) is 23.9 Å². The third-order valence-corrected chi connectivity index (χ3v) is 4.55. The number of fused-ring (bicyclic) bond motifs is 1. The molecule has 0 spiro atoms. The molecule has 0 amide bonds. The van der Waals surface area contributed by atoms with Crippen LogP contribution in [0.3, 0.4) is 0 Å². The number of ketones is 1. The standard InChI is InChI=1S/C17H22N2O/c1-2-3-7-17(8-10-18-12-17)16(20)14-4-5-15-13(11-14)6-9-19-15/h4-6,9,11,18-19H,2-3,7-8,10,12H2,1H3/t17-/m1/s1. The molecule has 0 saturated carbocycles. The van der Waals surface area contributed by atoms with Gasteiger partial charge in [0.1, 0.15) is 0 Å². The van der Waals surface area contributed by atoms with Crippen molar-refractivity contribution in [2.24, 2.45) is 5.41 Å². The molecular weight excluding hydrogens is 248 g/mol. The number of hydrogen-bond acceptors (Lipinski definition) is 2. The Hall–Kier alpha value is -1.61. The number of unbranched alkanes of at least 4 members (excludes halogenated alkanes) is 1. The first-order chi connectivity index (χ1) is 9.75. The molecule has 1 aromatic heterocycles. The van der Waals surface area contributed by atoms with E-state index in [0.29, 0.717) is 5.78 Å². The van der Waals surface area contributed by atoms with Gasteiger partial charge in [0.15, 0.2) is 5.78 Å². The number of hydrogen-bond donors (Lipinski definition) is 2. The van der Waals surface area contributed by atoms with Crippen LogP contribution in [0.5, 0.6) is 0 Å². The highest BCUT2D eigenvalue weighted by Gasteiger charge is 2.40. The van der Waals surface area contributed by atoms with Crippen molar-refractivity contribution in [2.75, 3.05) is 13.1 Å². The van der Waals surface area contributed by atoms with E-state index in [4.69, 9.17) is 0 Å². The van der Waals surface area contributed by atoms with E-state index in [2.05, 4.69) is 17.2 Å². The number of aromatic nitrogens is 1. The van der Waals surface area contributed by atoms with Crippen molar-refractivity contribution in [2.45, 2.75) is 32.6 Å². The summed E-state index contributed by atoms with van der Waals surface area (Å²) in [6.07, 6.45) is 6.16. The maximum Gasteiger partial charge on any atom is 0.170 e. The van der Waals surface area contributed by atoms with Crippen molar-refractivity contribution in [1.29, 1.82) is 0 Å². The van der Waals surface area contributed by atoms with E-state index in [0.717, 1.165) is 55.2 Å². The summed E-state index contributed by atoms with van der Waals surface area (Å²) in [6.45, 7) is 3.98. The SMILES string of the molecule is CCCC[C@@]1(C(=O)c2ccc3[nH]ccc3c2)CCNC1. The second kappa shape index (κ2) is 5.41. The van der Waals surface area contributed by atoms with Crippen molar-refractivity contribution in [1.82, 2.24) is 10.3 Å². The van der Waals surface area contributed by atoms with E-state index in [9.17, 15) is 4.79 Å². The number of carbonyl (C=O) groups is 1. The Morgan fingerprint density at radius 1 is 1.35 bits per heavy atom. The summed E-state index contributed by atoms with van der Waals surface area (Å²) >= 11 is 0. The third kappa shape index (κ3) is 2.27. The van der Waals surface area contributed by atoms with Crippen LogP contribution in [-0.2, 0) is 0 Å². The Balaban J connectivity index is 1.92. The summed E-state index contributed by atoms with van der Waals surface area (Å²) < 4.78 is 0. The number of aromatic amines is 1. The van der Waals surface area contributed by atoms with Crippen LogP contribution >= 0.6 is 0 Å². The molecule has 2 aromatic rings. The third-order valence-electron chi connectivity index (χ3n) is 4.55. The summed E-state index contributed by atoms with van der Waals surface area (Å²) in [6, 6.07) is 8.03. The van der Waals surface area contributed by atoms with Crippen LogP contribution in [0.2, 0.25) is 0 Å². The minimum Gasteiger partial charge on any atom is -0.361 e. The zero-order chi connectivity index (χ0) is 14.0. The molecule has 1 aliphatic rings. The van der Waals surface area contributed by atoms with Gasteiger partial charge < -0.3 is 10.3 Å². The molecule has 0 aliphatic carbocycles. The zero-order valence-electron chi connectivity index (χ0n) is 12.0. The van der Waals surface area contributed by atoms with Gasteiger partial charge in [-0.15, -0.1) is 0 Å². The predicted octanol–water partition coefficient (Wildman–Crippen LogP) is 3.52. The minimum absolute atomic E-state index is 0.181. The summed E-state index contributed by atoms with van der Waals surface area (Å²) in [7, 11) is 0. The highest BCUT2D eigenvalue weighted by atomic mass is 16.1. The first-order valence-electron chi connectivity index (χ1n) is 7.58. The minimum atomic E-state index is -0.181. The van der Waals surface area contributed by atoms with Crippen LogP contribution < -0.4 is 5.32 Å². The fourth-order valence-electron chi connectivity index (χ4n) is 3.28. The summed E-state index contributed by atoms with van der Waals surface area (Å²) in [4.78, 5) is 16.2. The van der Waals surface area contributed by atoms with Crippen molar-refractivity contribution in [3.63, 3.8) is 0 Å². The molecule has 0 unspecified atom stereocenters. The molecule has 3 nitrogen and oxygen atoms in total. The number of nitrogens with one attached hydrogen (secondary N) is 2. The molecular formula is C17H22N2O. The number of rotatable bonds is 5. The Morgan fingerprint density at radius 2 is 2.25 bits per heavy atom. The summed E-state index contributed by atoms with van der Waals surface area (Å²) in [5, 5.41) is 4.50. The fourth-order valence-corrected chi connectivity index (χ4v) is 3.28. The van der Waals surface area contributed by atoms with E-state index in [1.165, 1.54) is 0 Å². The Morgan fingerprint density at radius 3 is 3.00 bits per heavy atom. The summed E-state index contributed by atoms with van der Waals surface area (Å²) in [5.74, 6) is 0.319. The van der Waals surface area contributed by atoms with Gasteiger partial charge in [-0.1, -0.05) is 19.8 Å². The number of Topliss-reactive ketones (excluding diaryl/α,β-unsaturated/α-hetero) is 1. The average Bonchev–Trinajstić information content (AvgIpc) is 3.13. The van der Waals surface area contributed by atoms with E-state index in [1.807, 2.05) is 30.5 Å². The van der Waals surface area contributed by atoms with Crippen LogP contribution in [0.1, 0.15) is 43.0 Å². The molecule has 2 N–H and O–H groups in total. The van der Waals surface area contributed by atoms with Crippen molar-refractivity contribution in [3.8, 4) is 0 Å². The maximum atomic E-state index is 13.0. The lowest BCUT2D eigenvalue weighted by Crippen LogP contribution is -2.33. The monoisotopic (exact) mass is 270 g/mol. The molecule has 2 heterocycles. The lowest BCUT2D eigenvalue weighted by molar-refractivity contribution is 0.0799. The molecule has 1 aromatic carbocycles. The van der Waals surface area contributed by atoms with E-state index in [-0.39, 0.29) is 5.41 Å². The lowest BCUT2D eigenvalue weighted by Gasteiger charge is -2.26. The number of H-pyrrole nitrogens is 1. The molecule has 1 fully saturated rings. The van der Waals surface area contributed by atoms with E-state index >= 15 is 0 Å². The summed E-state index contributed by atoms with van der Waals surface area (Å²) in [5.41, 5.74) is 1.77. The quantitative estimate of drug-likeness (QED) is 0.816. The highest BCUT2D eigenvalue weighted by Crippen LogP contribution is 2.36. The Kier molecular flexibility index (Phi) is 3.62. The lowest BCUT2D eigenvalue weighted by atomic mass is 9.75. The van der Waals surface area contributed by atoms with Gasteiger partial charge in [-0.25, -0.2) is 0 Å². The molecule has 3 rings (SSSR count). The zero-order valence-corrected chi connectivity index (χ0v) is 12.0. The first kappa shape index (κ1) is 13.4. The second-order valence-electron chi connectivity index (χ2n) is 5.92. The second-order valence-corrected chi connectivity index (χ2v) is 5.92. The number of carbonyl (C=O) groups excluding carboxylic acids is 1. The van der Waals surface area contributed by atoms with Crippen molar-refractivity contribution in [3.05, 3.63) is 36.0 Å². The molecule has 1 atom stereocenters. The highest BCUT2D eigenvalue weighted by molar-refractivity contribution is 6.03. The maximum absolute atomic E-state index is 13.0. The Labute approximate surface area is 119 Å². The van der Waals surface area contributed by atoms with E-state index < -0.39 is 0 Å². The van der Waals surface area contributed by atoms with Gasteiger partial charge >= 0.3 is 0 Å². The molecule has 1 saturated heterocycles. The number of benzene rings is 1. The smallest absolute Gasteiger partial charge is 0.170 e. The van der Waals surface area contributed by atoms with Crippen LogP contribution in [0.4, 0.5) is 0 Å². The van der Waals surface area contributed by atoms with E-state index in [1.54, 1.807) is 0 Å². The molecule has 20 heavy (non-hydrogen) atoms. The predicted molar refractivity (Wildman–Crippen MR) is 82.1 cm³/mol. The van der Waals surface area contributed by atoms with Gasteiger partial charge in [-0.05, 0) is 43.7 Å². The van der Waals surface area contributed by atoms with Crippen LogP contribution in [0.15, 0.2) is 30.5 Å². The molecule has 0 radical (unpaired) electrons. The molecule has 106 valence electrons. The molecule has 1 aliphatic heterocycles. The Bertz CT molecular complexity index is 608. The first-order valence-corrected chi connectivity index (χ1v) is 7.58. The normalized spacial score (nSPS) is 22.4. The van der Waals surface area contributed by atoms with Gasteiger partial charge in [-0.2, -0.15) is 0 Å².